The van der Waals surface area contributed by atoms with E-state index in [0.29, 0.717) is 6.42 Å². The largest absolute Gasteiger partial charge is 0.271 e. The quantitative estimate of drug-likeness (QED) is 0.366. The number of nitrogens with two attached hydrogens (primary N) is 1. The topological polar surface area (TPSA) is 38.0 Å². The van der Waals surface area contributed by atoms with E-state index >= 15 is 0 Å². The van der Waals surface area contributed by atoms with Crippen LogP contribution in [0.15, 0.2) is 0 Å². The maximum atomic E-state index is 11.9. The Morgan fingerprint density at radius 3 is 2.55 bits per heavy atom. The van der Waals surface area contributed by atoms with Gasteiger partial charge in [-0.3, -0.25) is 11.3 Å². The normalized spacial score (nSPS) is 12.5. The zero-order valence-corrected chi connectivity index (χ0v) is 6.40. The van der Waals surface area contributed by atoms with Gasteiger partial charge in [0, 0.05) is 6.42 Å². The minimum absolute atomic E-state index is 0.287. The minimum atomic E-state index is -2.42. The molecule has 0 aliphatic heterocycles. The summed E-state index contributed by atoms with van der Waals surface area (Å²) < 4.78 is 23.9. The van der Waals surface area contributed by atoms with Crippen molar-refractivity contribution in [3.8, 4) is 11.8 Å². The third-order valence-corrected chi connectivity index (χ3v) is 1.28. The second-order valence-corrected chi connectivity index (χ2v) is 2.07. The standard InChI is InChI=1S/C7H12F2N2/c1-2-3-4-5-6(11-10)7(8)9/h6-7,11H,4-5,10H2,1H3. The molecule has 1 unspecified atom stereocenters. The first kappa shape index (κ1) is 10.3. The molecule has 0 aliphatic rings. The van der Waals surface area contributed by atoms with Crippen molar-refractivity contribution in [2.24, 2.45) is 5.84 Å². The fourth-order valence-electron chi connectivity index (χ4n) is 0.635. The predicted molar refractivity (Wildman–Crippen MR) is 39.8 cm³/mol. The third kappa shape index (κ3) is 4.71. The van der Waals surface area contributed by atoms with Gasteiger partial charge in [0.25, 0.3) is 6.43 Å². The van der Waals surface area contributed by atoms with Gasteiger partial charge in [0.2, 0.25) is 0 Å². The van der Waals surface area contributed by atoms with Gasteiger partial charge in [-0.25, -0.2) is 8.78 Å². The molecule has 0 bridgehead atoms. The lowest BCUT2D eigenvalue weighted by atomic mass is 10.2. The molecule has 0 spiro atoms. The molecule has 0 amide bonds. The summed E-state index contributed by atoms with van der Waals surface area (Å²) in [6, 6.07) is -0.934. The Morgan fingerprint density at radius 1 is 1.55 bits per heavy atom. The van der Waals surface area contributed by atoms with Crippen molar-refractivity contribution in [3.05, 3.63) is 0 Å². The molecule has 0 aromatic rings. The van der Waals surface area contributed by atoms with Crippen molar-refractivity contribution in [3.63, 3.8) is 0 Å². The second-order valence-electron chi connectivity index (χ2n) is 2.07. The van der Waals surface area contributed by atoms with E-state index in [9.17, 15) is 8.78 Å². The van der Waals surface area contributed by atoms with E-state index in [1.54, 1.807) is 6.92 Å². The van der Waals surface area contributed by atoms with Crippen LogP contribution >= 0.6 is 0 Å². The Hall–Kier alpha value is -0.660. The smallest absolute Gasteiger partial charge is 0.255 e. The SMILES string of the molecule is CC#CCCC(NN)C(F)F. The van der Waals surface area contributed by atoms with Crippen LogP contribution in [0.25, 0.3) is 0 Å². The molecule has 0 aromatic carbocycles. The van der Waals surface area contributed by atoms with Crippen LogP contribution in [-0.4, -0.2) is 12.5 Å². The predicted octanol–water partition coefficient (Wildman–Crippen LogP) is 0.887. The Balaban J connectivity index is 3.58. The number of alkyl halides is 2. The van der Waals surface area contributed by atoms with Crippen LogP contribution in [0.2, 0.25) is 0 Å². The molecule has 0 heterocycles. The van der Waals surface area contributed by atoms with E-state index in [0.717, 1.165) is 0 Å². The van der Waals surface area contributed by atoms with Crippen molar-refractivity contribution >= 4 is 0 Å². The van der Waals surface area contributed by atoms with Crippen LogP contribution in [0.1, 0.15) is 19.8 Å². The van der Waals surface area contributed by atoms with Gasteiger partial charge in [-0.1, -0.05) is 0 Å². The van der Waals surface area contributed by atoms with Crippen LogP contribution in [0.4, 0.5) is 8.78 Å². The molecule has 0 radical (unpaired) electrons. The highest BCUT2D eigenvalue weighted by Gasteiger charge is 2.16. The van der Waals surface area contributed by atoms with E-state index in [1.807, 2.05) is 5.43 Å². The number of hydrazine groups is 1. The molecule has 4 heteroatoms. The molecule has 3 N–H and O–H groups in total. The minimum Gasteiger partial charge on any atom is -0.271 e. The van der Waals surface area contributed by atoms with Crippen LogP contribution in [0.3, 0.4) is 0 Å². The van der Waals surface area contributed by atoms with Crippen LogP contribution in [-0.2, 0) is 0 Å². The number of rotatable bonds is 4. The Kier molecular flexibility index (Phi) is 5.71. The molecule has 11 heavy (non-hydrogen) atoms. The average molecular weight is 162 g/mol. The first-order chi connectivity index (χ1) is 5.22. The van der Waals surface area contributed by atoms with Crippen molar-refractivity contribution in [2.75, 3.05) is 0 Å². The highest BCUT2D eigenvalue weighted by molar-refractivity contribution is 4.95. The molecule has 0 saturated carbocycles. The fraction of sp³-hybridized carbons (Fsp3) is 0.714. The van der Waals surface area contributed by atoms with Gasteiger partial charge >= 0.3 is 0 Å². The van der Waals surface area contributed by atoms with Crippen molar-refractivity contribution in [1.82, 2.24) is 5.43 Å². The Labute approximate surface area is 65.1 Å². The Bertz CT molecular complexity index is 148. The van der Waals surface area contributed by atoms with Gasteiger partial charge in [-0.2, -0.15) is 0 Å². The maximum Gasteiger partial charge on any atom is 0.255 e. The van der Waals surface area contributed by atoms with E-state index in [4.69, 9.17) is 5.84 Å². The van der Waals surface area contributed by atoms with Crippen molar-refractivity contribution in [2.45, 2.75) is 32.2 Å². The summed E-state index contributed by atoms with van der Waals surface area (Å²) in [4.78, 5) is 0. The molecule has 64 valence electrons. The molecule has 0 fully saturated rings. The molecule has 0 saturated heterocycles. The van der Waals surface area contributed by atoms with Gasteiger partial charge < -0.3 is 0 Å². The number of hydrogen-bond donors (Lipinski definition) is 2. The lowest BCUT2D eigenvalue weighted by molar-refractivity contribution is 0.0950. The fourth-order valence-corrected chi connectivity index (χ4v) is 0.635. The lowest BCUT2D eigenvalue weighted by Crippen LogP contribution is -2.40. The highest BCUT2D eigenvalue weighted by atomic mass is 19.3. The van der Waals surface area contributed by atoms with Crippen LogP contribution in [0.5, 0.6) is 0 Å². The third-order valence-electron chi connectivity index (χ3n) is 1.28. The van der Waals surface area contributed by atoms with E-state index in [2.05, 4.69) is 11.8 Å². The average Bonchev–Trinajstić information content (AvgIpc) is 1.97. The van der Waals surface area contributed by atoms with Gasteiger partial charge in [0.15, 0.2) is 0 Å². The molecular weight excluding hydrogens is 150 g/mol. The van der Waals surface area contributed by atoms with Gasteiger partial charge in [0.1, 0.15) is 0 Å². The summed E-state index contributed by atoms with van der Waals surface area (Å²) in [5, 5.41) is 0. The number of halogens is 2. The van der Waals surface area contributed by atoms with Crippen LogP contribution < -0.4 is 11.3 Å². The molecule has 0 aliphatic carbocycles. The number of nitrogens with one attached hydrogen (secondary N) is 1. The van der Waals surface area contributed by atoms with E-state index < -0.39 is 12.5 Å². The van der Waals surface area contributed by atoms with E-state index in [1.165, 1.54) is 0 Å². The first-order valence-electron chi connectivity index (χ1n) is 3.36. The zero-order valence-electron chi connectivity index (χ0n) is 6.40. The molecule has 0 rings (SSSR count). The molecule has 2 nitrogen and oxygen atoms in total. The second kappa shape index (κ2) is 6.08. The van der Waals surface area contributed by atoms with Crippen LogP contribution in [0, 0.1) is 11.8 Å². The van der Waals surface area contributed by atoms with E-state index in [-0.39, 0.29) is 6.42 Å². The molecule has 1 atom stereocenters. The van der Waals surface area contributed by atoms with Gasteiger partial charge in [0.05, 0.1) is 6.04 Å². The van der Waals surface area contributed by atoms with Crippen molar-refractivity contribution < 1.29 is 8.78 Å². The monoisotopic (exact) mass is 162 g/mol. The zero-order chi connectivity index (χ0) is 8.69. The summed E-state index contributed by atoms with van der Waals surface area (Å²) in [7, 11) is 0. The number of hydrogen-bond acceptors (Lipinski definition) is 2. The summed E-state index contributed by atoms with van der Waals surface area (Å²) in [6.45, 7) is 1.67. The van der Waals surface area contributed by atoms with Crippen molar-refractivity contribution in [1.29, 1.82) is 0 Å². The summed E-state index contributed by atoms with van der Waals surface area (Å²) in [5.41, 5.74) is 2.04. The first-order valence-corrected chi connectivity index (χ1v) is 3.36. The summed E-state index contributed by atoms with van der Waals surface area (Å²) >= 11 is 0. The maximum absolute atomic E-state index is 11.9. The van der Waals surface area contributed by atoms with Gasteiger partial charge in [-0.05, 0) is 13.3 Å². The summed E-state index contributed by atoms with van der Waals surface area (Å²) in [6.07, 6.45) is -1.68. The summed E-state index contributed by atoms with van der Waals surface area (Å²) in [5.74, 6) is 10.2. The molecule has 0 aromatic heterocycles. The highest BCUT2D eigenvalue weighted by Crippen LogP contribution is 2.05. The molecular formula is C7H12F2N2. The lowest BCUT2D eigenvalue weighted by Gasteiger charge is -2.11. The van der Waals surface area contributed by atoms with Gasteiger partial charge in [-0.15, -0.1) is 11.8 Å². The Morgan fingerprint density at radius 2 is 2.18 bits per heavy atom.